The zero-order valence-electron chi connectivity index (χ0n) is 9.53. The molecule has 2 heteroatoms. The lowest BCUT2D eigenvalue weighted by atomic mass is 10.2. The van der Waals surface area contributed by atoms with Crippen LogP contribution in [-0.4, -0.2) is 4.98 Å². The van der Waals surface area contributed by atoms with Gasteiger partial charge in [-0.1, -0.05) is 42.1 Å². The average molecular weight is 229 g/mol. The number of allylic oxidation sites excluding steroid dienone is 1. The number of nitrogens with one attached hydrogen (secondary N) is 1. The van der Waals surface area contributed by atoms with Crippen LogP contribution < -0.4 is 0 Å². The number of aromatic nitrogens is 1. The van der Waals surface area contributed by atoms with Gasteiger partial charge in [-0.05, 0) is 26.0 Å². The van der Waals surface area contributed by atoms with Gasteiger partial charge < -0.3 is 4.98 Å². The average Bonchev–Trinajstić information content (AvgIpc) is 2.64. The number of H-pyrrole nitrogens is 1. The SMILES string of the molecule is C/C=C\c1c(Sc2ccccc2)c[nH]c1C. The number of aromatic amines is 1. The Bertz CT molecular complexity index is 483. The van der Waals surface area contributed by atoms with E-state index in [1.54, 1.807) is 11.8 Å². The molecule has 0 amide bonds. The Balaban J connectivity index is 2.28. The summed E-state index contributed by atoms with van der Waals surface area (Å²) in [5, 5.41) is 0. The fourth-order valence-corrected chi connectivity index (χ4v) is 2.58. The summed E-state index contributed by atoms with van der Waals surface area (Å²) in [6, 6.07) is 10.4. The predicted octanol–water partition coefficient (Wildman–Crippen LogP) is 4.51. The van der Waals surface area contributed by atoms with Crippen LogP contribution in [0.5, 0.6) is 0 Å². The summed E-state index contributed by atoms with van der Waals surface area (Å²) in [6.07, 6.45) is 6.30. The minimum atomic E-state index is 1.22. The third-order valence-electron chi connectivity index (χ3n) is 2.39. The highest BCUT2D eigenvalue weighted by Crippen LogP contribution is 2.32. The van der Waals surface area contributed by atoms with Crippen molar-refractivity contribution in [3.63, 3.8) is 0 Å². The van der Waals surface area contributed by atoms with Crippen molar-refractivity contribution in [1.29, 1.82) is 0 Å². The Morgan fingerprint density at radius 2 is 1.94 bits per heavy atom. The number of benzene rings is 1. The largest absolute Gasteiger partial charge is 0.364 e. The first-order chi connectivity index (χ1) is 7.81. The van der Waals surface area contributed by atoms with Gasteiger partial charge in [-0.25, -0.2) is 0 Å². The van der Waals surface area contributed by atoms with Gasteiger partial charge in [0, 0.05) is 27.2 Å². The minimum absolute atomic E-state index is 1.22. The topological polar surface area (TPSA) is 15.8 Å². The van der Waals surface area contributed by atoms with Gasteiger partial charge in [0.25, 0.3) is 0 Å². The normalized spacial score (nSPS) is 11.1. The highest BCUT2D eigenvalue weighted by Gasteiger charge is 2.06. The lowest BCUT2D eigenvalue weighted by Crippen LogP contribution is -1.76. The van der Waals surface area contributed by atoms with Crippen LogP contribution in [0.2, 0.25) is 0 Å². The molecule has 1 nitrogen and oxygen atoms in total. The molecule has 1 heterocycles. The van der Waals surface area contributed by atoms with E-state index in [4.69, 9.17) is 0 Å². The standard InChI is InChI=1S/C14H15NS/c1-3-7-13-11(2)15-10-14(13)16-12-8-5-4-6-9-12/h3-10,15H,1-2H3/b7-3-. The molecule has 1 aromatic carbocycles. The molecule has 0 aliphatic carbocycles. The molecule has 0 fully saturated rings. The lowest BCUT2D eigenvalue weighted by Gasteiger charge is -2.00. The van der Waals surface area contributed by atoms with Gasteiger partial charge in [-0.15, -0.1) is 0 Å². The van der Waals surface area contributed by atoms with Crippen LogP contribution in [0.4, 0.5) is 0 Å². The van der Waals surface area contributed by atoms with E-state index in [0.717, 1.165) is 0 Å². The Hall–Kier alpha value is -1.41. The zero-order chi connectivity index (χ0) is 11.4. The molecule has 1 N–H and O–H groups in total. The van der Waals surface area contributed by atoms with E-state index in [0.29, 0.717) is 0 Å². The van der Waals surface area contributed by atoms with Gasteiger partial charge in [0.2, 0.25) is 0 Å². The summed E-state index contributed by atoms with van der Waals surface area (Å²) in [4.78, 5) is 5.82. The van der Waals surface area contributed by atoms with Crippen molar-refractivity contribution in [1.82, 2.24) is 4.98 Å². The summed E-state index contributed by atoms with van der Waals surface area (Å²) < 4.78 is 0. The molecular formula is C14H15NS. The molecule has 16 heavy (non-hydrogen) atoms. The van der Waals surface area contributed by atoms with Crippen molar-refractivity contribution >= 4 is 17.8 Å². The second-order valence-electron chi connectivity index (χ2n) is 3.61. The first-order valence-electron chi connectivity index (χ1n) is 5.35. The maximum absolute atomic E-state index is 3.27. The molecule has 0 unspecified atom stereocenters. The van der Waals surface area contributed by atoms with Gasteiger partial charge in [0.15, 0.2) is 0 Å². The monoisotopic (exact) mass is 229 g/mol. The molecule has 0 spiro atoms. The van der Waals surface area contributed by atoms with Crippen molar-refractivity contribution < 1.29 is 0 Å². The minimum Gasteiger partial charge on any atom is -0.364 e. The smallest absolute Gasteiger partial charge is 0.0372 e. The van der Waals surface area contributed by atoms with Crippen molar-refractivity contribution in [2.75, 3.05) is 0 Å². The summed E-state index contributed by atoms with van der Waals surface area (Å²) in [5.41, 5.74) is 2.51. The Morgan fingerprint density at radius 1 is 1.19 bits per heavy atom. The zero-order valence-corrected chi connectivity index (χ0v) is 10.3. The van der Waals surface area contributed by atoms with Gasteiger partial charge >= 0.3 is 0 Å². The third kappa shape index (κ3) is 2.39. The van der Waals surface area contributed by atoms with Crippen LogP contribution in [-0.2, 0) is 0 Å². The quantitative estimate of drug-likeness (QED) is 0.819. The predicted molar refractivity (Wildman–Crippen MR) is 70.8 cm³/mol. The van der Waals surface area contributed by atoms with Crippen molar-refractivity contribution in [3.05, 3.63) is 53.9 Å². The molecule has 0 saturated carbocycles. The molecule has 2 aromatic rings. The molecule has 82 valence electrons. The highest BCUT2D eigenvalue weighted by molar-refractivity contribution is 7.99. The molecular weight excluding hydrogens is 214 g/mol. The van der Waals surface area contributed by atoms with E-state index in [1.807, 2.05) is 13.0 Å². The van der Waals surface area contributed by atoms with E-state index in [2.05, 4.69) is 54.5 Å². The first kappa shape index (κ1) is 11.1. The third-order valence-corrected chi connectivity index (χ3v) is 3.46. The van der Waals surface area contributed by atoms with Gasteiger partial charge in [-0.2, -0.15) is 0 Å². The van der Waals surface area contributed by atoms with Gasteiger partial charge in [-0.3, -0.25) is 0 Å². The molecule has 0 aliphatic heterocycles. The summed E-state index contributed by atoms with van der Waals surface area (Å²) in [5.74, 6) is 0. The summed E-state index contributed by atoms with van der Waals surface area (Å²) in [6.45, 7) is 4.15. The van der Waals surface area contributed by atoms with E-state index >= 15 is 0 Å². The second kappa shape index (κ2) is 5.08. The molecule has 1 aromatic heterocycles. The second-order valence-corrected chi connectivity index (χ2v) is 4.72. The Labute approximate surface area is 101 Å². The Morgan fingerprint density at radius 3 is 2.62 bits per heavy atom. The van der Waals surface area contributed by atoms with Crippen LogP contribution in [0.3, 0.4) is 0 Å². The van der Waals surface area contributed by atoms with Gasteiger partial charge in [0.05, 0.1) is 0 Å². The van der Waals surface area contributed by atoms with E-state index in [1.165, 1.54) is 21.0 Å². The first-order valence-corrected chi connectivity index (χ1v) is 6.16. The molecule has 0 bridgehead atoms. The number of rotatable bonds is 3. The van der Waals surface area contributed by atoms with E-state index in [9.17, 15) is 0 Å². The van der Waals surface area contributed by atoms with E-state index in [-0.39, 0.29) is 0 Å². The molecule has 0 atom stereocenters. The lowest BCUT2D eigenvalue weighted by molar-refractivity contribution is 1.26. The van der Waals surface area contributed by atoms with Crippen molar-refractivity contribution in [3.8, 4) is 0 Å². The number of hydrogen-bond acceptors (Lipinski definition) is 1. The fraction of sp³-hybridized carbons (Fsp3) is 0.143. The van der Waals surface area contributed by atoms with Crippen LogP contribution >= 0.6 is 11.8 Å². The molecule has 0 radical (unpaired) electrons. The maximum atomic E-state index is 3.27. The molecule has 0 saturated heterocycles. The van der Waals surface area contributed by atoms with Crippen LogP contribution in [0.15, 0.2) is 52.4 Å². The maximum Gasteiger partial charge on any atom is 0.0372 e. The Kier molecular flexibility index (Phi) is 3.52. The number of aryl methyl sites for hydroxylation is 1. The highest BCUT2D eigenvalue weighted by atomic mass is 32.2. The van der Waals surface area contributed by atoms with Crippen LogP contribution in [0.1, 0.15) is 18.2 Å². The van der Waals surface area contributed by atoms with Crippen molar-refractivity contribution in [2.24, 2.45) is 0 Å². The summed E-state index contributed by atoms with van der Waals surface area (Å²) in [7, 11) is 0. The fourth-order valence-electron chi connectivity index (χ4n) is 1.59. The van der Waals surface area contributed by atoms with Gasteiger partial charge in [0.1, 0.15) is 0 Å². The van der Waals surface area contributed by atoms with E-state index < -0.39 is 0 Å². The summed E-state index contributed by atoms with van der Waals surface area (Å²) >= 11 is 1.79. The van der Waals surface area contributed by atoms with Crippen LogP contribution in [0.25, 0.3) is 6.08 Å². The van der Waals surface area contributed by atoms with Crippen LogP contribution in [0, 0.1) is 6.92 Å². The molecule has 2 rings (SSSR count). The van der Waals surface area contributed by atoms with Crippen molar-refractivity contribution in [2.45, 2.75) is 23.6 Å². The molecule has 0 aliphatic rings. The number of hydrogen-bond donors (Lipinski definition) is 1.